The smallest absolute Gasteiger partial charge is 0.394 e. The van der Waals surface area contributed by atoms with E-state index >= 15 is 0 Å². The first-order valence-electron chi connectivity index (χ1n) is 12.1. The van der Waals surface area contributed by atoms with Crippen molar-refractivity contribution in [3.63, 3.8) is 0 Å². The van der Waals surface area contributed by atoms with Gasteiger partial charge in [0.05, 0.1) is 25.9 Å². The molecule has 6 heterocycles. The Morgan fingerprint density at radius 2 is 1.78 bits per heavy atom. The van der Waals surface area contributed by atoms with Crippen LogP contribution in [0.4, 0.5) is 11.6 Å². The Bertz CT molecular complexity index is 1500. The first-order chi connectivity index (χ1) is 19.6. The number of phosphoric ester groups is 1. The van der Waals surface area contributed by atoms with Crippen molar-refractivity contribution in [2.45, 2.75) is 55.2 Å². The molecule has 0 aliphatic carbocycles. The molecule has 0 bridgehead atoms. The lowest BCUT2D eigenvalue weighted by Gasteiger charge is -2.25. The summed E-state index contributed by atoms with van der Waals surface area (Å²) in [5.41, 5.74) is 14.9. The van der Waals surface area contributed by atoms with E-state index in [1.165, 1.54) is 28.1 Å². The summed E-state index contributed by atoms with van der Waals surface area (Å²) >= 11 is 0. The van der Waals surface area contributed by atoms with Gasteiger partial charge < -0.3 is 46.3 Å². The van der Waals surface area contributed by atoms with Gasteiger partial charge in [-0.25, -0.2) is 24.5 Å². The monoisotopic (exact) mass is 599 g/mol. The standard InChI is InChI=1S/C19H26N11O10P/c20-14-8-16(23-3-22-14)29(4-24-8)19-13(11(33)6(1-31)38-19)40-41(35,36)37-2-7-10(32)12(34)18(39-7)30-5-25-9-15(21)26-28-27-17(9)30/h3-7,10-13,15,18-19,31-34H,1-2,21H2,(H,26,27)(H,35,36)(H2,20,22,23)/t6-,7-,10-,11-,12-,13-,15?,18-,19-/m1/s1. The van der Waals surface area contributed by atoms with Crippen LogP contribution in [-0.4, -0.2) is 104 Å². The summed E-state index contributed by atoms with van der Waals surface area (Å²) in [7, 11) is -4.99. The number of rotatable bonds is 8. The third-order valence-corrected chi connectivity index (χ3v) is 7.84. The van der Waals surface area contributed by atoms with Crippen molar-refractivity contribution >= 4 is 30.6 Å². The van der Waals surface area contributed by atoms with Crippen LogP contribution in [-0.2, 0) is 23.1 Å². The molecule has 41 heavy (non-hydrogen) atoms. The van der Waals surface area contributed by atoms with Crippen LogP contribution in [0.25, 0.3) is 11.2 Å². The van der Waals surface area contributed by atoms with E-state index in [0.29, 0.717) is 5.69 Å². The molecule has 10 atom stereocenters. The fourth-order valence-electron chi connectivity index (χ4n) is 4.79. The lowest BCUT2D eigenvalue weighted by molar-refractivity contribution is -0.0620. The number of imidazole rings is 2. The van der Waals surface area contributed by atoms with Gasteiger partial charge in [-0.1, -0.05) is 5.22 Å². The number of ether oxygens (including phenoxy) is 2. The van der Waals surface area contributed by atoms with Gasteiger partial charge in [0, 0.05) is 0 Å². The number of aliphatic hydroxyl groups is 4. The Hall–Kier alpha value is -3.21. The van der Waals surface area contributed by atoms with Gasteiger partial charge in [-0.15, -0.1) is 5.11 Å². The van der Waals surface area contributed by atoms with E-state index in [2.05, 4.69) is 35.7 Å². The second-order valence-electron chi connectivity index (χ2n) is 9.37. The van der Waals surface area contributed by atoms with Crippen molar-refractivity contribution in [1.29, 1.82) is 0 Å². The maximum absolute atomic E-state index is 13.0. The largest absolute Gasteiger partial charge is 0.472 e. The molecule has 21 nitrogen and oxygen atoms in total. The van der Waals surface area contributed by atoms with Crippen LogP contribution in [0.1, 0.15) is 24.3 Å². The van der Waals surface area contributed by atoms with Crippen molar-refractivity contribution in [3.8, 4) is 0 Å². The van der Waals surface area contributed by atoms with Crippen LogP contribution in [0.15, 0.2) is 29.3 Å². The van der Waals surface area contributed by atoms with E-state index < -0.39 is 76.3 Å². The van der Waals surface area contributed by atoms with Crippen molar-refractivity contribution in [3.05, 3.63) is 24.7 Å². The molecule has 10 N–H and O–H groups in total. The van der Waals surface area contributed by atoms with Gasteiger partial charge in [0.15, 0.2) is 29.7 Å². The molecule has 2 saturated heterocycles. The zero-order valence-electron chi connectivity index (χ0n) is 20.8. The normalized spacial score (nSPS) is 34.5. The Labute approximate surface area is 229 Å². The number of nitrogens with zero attached hydrogens (tertiary/aromatic N) is 8. The van der Waals surface area contributed by atoms with Crippen molar-refractivity contribution in [1.82, 2.24) is 34.5 Å². The second kappa shape index (κ2) is 10.6. The van der Waals surface area contributed by atoms with Gasteiger partial charge in [-0.2, -0.15) is 0 Å². The maximum Gasteiger partial charge on any atom is 0.472 e. The fraction of sp³-hybridized carbons (Fsp3) is 0.579. The predicted molar refractivity (Wildman–Crippen MR) is 130 cm³/mol. The van der Waals surface area contributed by atoms with E-state index in [1.807, 2.05) is 0 Å². The second-order valence-corrected chi connectivity index (χ2v) is 10.8. The Morgan fingerprint density at radius 3 is 2.56 bits per heavy atom. The summed E-state index contributed by atoms with van der Waals surface area (Å²) in [6.07, 6.45) is -8.21. The predicted octanol–water partition coefficient (Wildman–Crippen LogP) is -2.76. The molecule has 3 aromatic heterocycles. The number of nitrogens with one attached hydrogen (secondary N) is 1. The average molecular weight is 599 g/mol. The molecule has 222 valence electrons. The minimum atomic E-state index is -4.99. The third kappa shape index (κ3) is 4.85. The number of aromatic nitrogens is 6. The molecule has 2 unspecified atom stereocenters. The van der Waals surface area contributed by atoms with Crippen molar-refractivity contribution in [2.24, 2.45) is 16.1 Å². The van der Waals surface area contributed by atoms with Crippen LogP contribution in [0, 0.1) is 0 Å². The zero-order valence-corrected chi connectivity index (χ0v) is 21.7. The summed E-state index contributed by atoms with van der Waals surface area (Å²) in [5, 5.41) is 49.1. The van der Waals surface area contributed by atoms with Gasteiger partial charge in [-0.3, -0.25) is 23.6 Å². The summed E-state index contributed by atoms with van der Waals surface area (Å²) in [6, 6.07) is 0. The quantitative estimate of drug-likeness (QED) is 0.122. The number of anilines is 1. The van der Waals surface area contributed by atoms with Crippen molar-refractivity contribution in [2.75, 3.05) is 18.9 Å². The average Bonchev–Trinajstić information content (AvgIpc) is 3.70. The van der Waals surface area contributed by atoms with Crippen LogP contribution in [0.5, 0.6) is 0 Å². The molecule has 0 aromatic carbocycles. The molecular formula is C19H26N11O10P. The summed E-state index contributed by atoms with van der Waals surface area (Å²) < 4.78 is 37.3. The van der Waals surface area contributed by atoms with Gasteiger partial charge in [0.25, 0.3) is 0 Å². The molecule has 0 amide bonds. The molecule has 3 aliphatic rings. The van der Waals surface area contributed by atoms with Crippen molar-refractivity contribution < 1.29 is 48.4 Å². The molecule has 0 radical (unpaired) electrons. The highest BCUT2D eigenvalue weighted by Crippen LogP contribution is 2.50. The summed E-state index contributed by atoms with van der Waals surface area (Å²) in [5.74, 6) is 0.248. The Kier molecular flexibility index (Phi) is 7.20. The van der Waals surface area contributed by atoms with Gasteiger partial charge in [-0.05, 0) is 0 Å². The molecule has 2 fully saturated rings. The number of nitrogens with two attached hydrogens (primary N) is 2. The number of phosphoric acid groups is 1. The molecule has 22 heteroatoms. The number of hydrogen-bond donors (Lipinski definition) is 8. The molecule has 3 aliphatic heterocycles. The van der Waals surface area contributed by atoms with Crippen LogP contribution >= 0.6 is 7.82 Å². The lowest BCUT2D eigenvalue weighted by Crippen LogP contribution is -2.36. The Morgan fingerprint density at radius 1 is 1.02 bits per heavy atom. The summed E-state index contributed by atoms with van der Waals surface area (Å²) in [4.78, 5) is 26.7. The van der Waals surface area contributed by atoms with E-state index in [4.69, 9.17) is 30.0 Å². The topological polar surface area (TPSA) is 305 Å². The zero-order chi connectivity index (χ0) is 29.1. The minimum Gasteiger partial charge on any atom is -0.394 e. The molecule has 0 saturated carbocycles. The highest BCUT2D eigenvalue weighted by Gasteiger charge is 2.50. The van der Waals surface area contributed by atoms with Gasteiger partial charge in [0.1, 0.15) is 60.3 Å². The first-order valence-corrected chi connectivity index (χ1v) is 13.6. The lowest BCUT2D eigenvalue weighted by atomic mass is 10.1. The van der Waals surface area contributed by atoms with Crippen LogP contribution in [0.3, 0.4) is 0 Å². The summed E-state index contributed by atoms with van der Waals surface area (Å²) in [6.45, 7) is -1.35. The van der Waals surface area contributed by atoms with Crippen LogP contribution in [0.2, 0.25) is 0 Å². The molecule has 3 aromatic rings. The highest BCUT2D eigenvalue weighted by molar-refractivity contribution is 7.47. The fourth-order valence-corrected chi connectivity index (χ4v) is 5.72. The maximum atomic E-state index is 13.0. The number of hydrogen-bond acceptors (Lipinski definition) is 18. The molecular weight excluding hydrogens is 573 g/mol. The molecule has 6 rings (SSSR count). The highest BCUT2D eigenvalue weighted by atomic mass is 31.2. The Balaban J connectivity index is 1.16. The van der Waals surface area contributed by atoms with Crippen LogP contribution < -0.4 is 16.9 Å². The van der Waals surface area contributed by atoms with E-state index in [-0.39, 0.29) is 22.8 Å². The number of fused-ring (bicyclic) bond motifs is 2. The van der Waals surface area contributed by atoms with E-state index in [9.17, 15) is 29.9 Å². The SMILES string of the molecule is Nc1ncnc2c1ncn2[C@@H]1O[C@H](CO)[C@@H](O)[C@H]1OP(=O)(O)OC[C@H]1O[C@@H](n2cnc3c2N=NNC3N)[C@H](O)[C@@H]1O. The van der Waals surface area contributed by atoms with E-state index in [1.54, 1.807) is 0 Å². The number of aliphatic hydroxyl groups excluding tert-OH is 4. The van der Waals surface area contributed by atoms with Gasteiger partial charge in [0.2, 0.25) is 0 Å². The molecule has 0 spiro atoms. The third-order valence-electron chi connectivity index (χ3n) is 6.85. The minimum absolute atomic E-state index is 0.0639. The first kappa shape index (κ1) is 27.9. The van der Waals surface area contributed by atoms with Gasteiger partial charge >= 0.3 is 7.82 Å². The number of nitrogen functional groups attached to an aromatic ring is 1. The van der Waals surface area contributed by atoms with E-state index in [0.717, 1.165) is 0 Å².